The first-order valence-electron chi connectivity index (χ1n) is 12.2. The van der Waals surface area contributed by atoms with Crippen molar-refractivity contribution in [1.29, 1.82) is 0 Å². The highest BCUT2D eigenvalue weighted by atomic mass is 35.5. The van der Waals surface area contributed by atoms with E-state index in [4.69, 9.17) is 11.6 Å². The zero-order valence-corrected chi connectivity index (χ0v) is 21.5. The summed E-state index contributed by atoms with van der Waals surface area (Å²) in [6.07, 6.45) is 4.57. The quantitative estimate of drug-likeness (QED) is 0.572. The van der Waals surface area contributed by atoms with E-state index in [1.54, 1.807) is 20.2 Å². The van der Waals surface area contributed by atoms with E-state index in [1.807, 2.05) is 56.3 Å². The van der Waals surface area contributed by atoms with Gasteiger partial charge in [0.15, 0.2) is 0 Å². The molecule has 2 amide bonds. The van der Waals surface area contributed by atoms with E-state index in [-0.39, 0.29) is 11.8 Å². The van der Waals surface area contributed by atoms with Gasteiger partial charge in [-0.3, -0.25) is 9.59 Å². The smallest absolute Gasteiger partial charge is 0.254 e. The van der Waals surface area contributed by atoms with E-state index < -0.39 is 5.41 Å². The van der Waals surface area contributed by atoms with Crippen LogP contribution >= 0.6 is 11.6 Å². The summed E-state index contributed by atoms with van der Waals surface area (Å²) in [5.74, 6) is 0.860. The van der Waals surface area contributed by atoms with Crippen LogP contribution in [0.2, 0.25) is 5.02 Å². The molecule has 1 heterocycles. The van der Waals surface area contributed by atoms with Crippen molar-refractivity contribution in [2.75, 3.05) is 39.0 Å². The van der Waals surface area contributed by atoms with Crippen LogP contribution in [-0.4, -0.2) is 55.3 Å². The van der Waals surface area contributed by atoms with Crippen LogP contribution in [0.4, 0.5) is 5.69 Å². The minimum absolute atomic E-state index is 0.0894. The summed E-state index contributed by atoms with van der Waals surface area (Å²) in [7, 11) is 3.45. The van der Waals surface area contributed by atoms with E-state index in [2.05, 4.69) is 10.2 Å². The molecule has 1 aliphatic heterocycles. The average Bonchev–Trinajstić information content (AvgIpc) is 3.50. The molecule has 6 heteroatoms. The van der Waals surface area contributed by atoms with Gasteiger partial charge in [-0.2, -0.15) is 0 Å². The van der Waals surface area contributed by atoms with E-state index >= 15 is 0 Å². The van der Waals surface area contributed by atoms with E-state index in [0.717, 1.165) is 50.1 Å². The molecule has 0 radical (unpaired) electrons. The third-order valence-electron chi connectivity index (χ3n) is 7.86. The Hall–Kier alpha value is -2.53. The number of hydrogen-bond donors (Lipinski definition) is 1. The Morgan fingerprint density at radius 2 is 1.79 bits per heavy atom. The fraction of sp³-hybridized carbons (Fsp3) is 0.500. The van der Waals surface area contributed by atoms with E-state index in [9.17, 15) is 9.59 Å². The zero-order valence-electron chi connectivity index (χ0n) is 20.7. The summed E-state index contributed by atoms with van der Waals surface area (Å²) >= 11 is 6.33. The second-order valence-electron chi connectivity index (χ2n) is 10.7. The molecule has 182 valence electrons. The molecule has 5 nitrogen and oxygen atoms in total. The number of anilines is 1. The molecule has 1 spiro atoms. The van der Waals surface area contributed by atoms with Gasteiger partial charge in [0.25, 0.3) is 5.91 Å². The lowest BCUT2D eigenvalue weighted by Crippen LogP contribution is -2.47. The largest absolute Gasteiger partial charge is 0.385 e. The normalized spacial score (nSPS) is 19.1. The number of carbonyl (C=O) groups is 2. The Labute approximate surface area is 208 Å². The summed E-state index contributed by atoms with van der Waals surface area (Å²) in [6, 6.07) is 15.6. The van der Waals surface area contributed by atoms with Gasteiger partial charge in [-0.05, 0) is 74.6 Å². The molecule has 0 bridgehead atoms. The molecule has 1 saturated carbocycles. The lowest BCUT2D eigenvalue weighted by Gasteiger charge is -2.38. The van der Waals surface area contributed by atoms with Gasteiger partial charge in [0.2, 0.25) is 5.91 Å². The maximum absolute atomic E-state index is 13.3. The van der Waals surface area contributed by atoms with Gasteiger partial charge in [0.1, 0.15) is 0 Å². The second kappa shape index (κ2) is 9.61. The molecule has 2 aromatic rings. The van der Waals surface area contributed by atoms with Crippen molar-refractivity contribution < 1.29 is 9.59 Å². The van der Waals surface area contributed by atoms with Gasteiger partial charge >= 0.3 is 0 Å². The summed E-state index contributed by atoms with van der Waals surface area (Å²) < 4.78 is 0. The van der Waals surface area contributed by atoms with Crippen LogP contribution in [0.3, 0.4) is 0 Å². The van der Waals surface area contributed by atoms with Gasteiger partial charge in [-0.15, -0.1) is 0 Å². The molecule has 1 saturated heterocycles. The Morgan fingerprint density at radius 1 is 1.12 bits per heavy atom. The monoisotopic (exact) mass is 481 g/mol. The number of nitrogens with one attached hydrogen (secondary N) is 1. The van der Waals surface area contributed by atoms with Crippen molar-refractivity contribution in [2.45, 2.75) is 44.9 Å². The van der Waals surface area contributed by atoms with Crippen LogP contribution in [0, 0.1) is 11.3 Å². The predicted octanol–water partition coefficient (Wildman–Crippen LogP) is 5.45. The maximum atomic E-state index is 13.3. The second-order valence-corrected chi connectivity index (χ2v) is 11.1. The lowest BCUT2D eigenvalue weighted by atomic mass is 9.81. The number of carbonyl (C=O) groups excluding carboxylic acids is 2. The molecule has 1 aliphatic carbocycles. The average molecular weight is 482 g/mol. The summed E-state index contributed by atoms with van der Waals surface area (Å²) in [6.45, 7) is 6.67. The Kier molecular flexibility index (Phi) is 6.95. The van der Waals surface area contributed by atoms with Crippen LogP contribution in [0.5, 0.6) is 0 Å². The molecule has 1 N–H and O–H groups in total. The van der Waals surface area contributed by atoms with Gasteiger partial charge in [-0.1, -0.05) is 41.9 Å². The highest BCUT2D eigenvalue weighted by Gasteiger charge is 2.54. The minimum Gasteiger partial charge on any atom is -0.385 e. The molecular formula is C28H36ClN3O2. The number of benzene rings is 2. The number of halogens is 1. The van der Waals surface area contributed by atoms with Crippen LogP contribution in [0.1, 0.15) is 55.5 Å². The van der Waals surface area contributed by atoms with E-state index in [0.29, 0.717) is 21.9 Å². The van der Waals surface area contributed by atoms with Crippen LogP contribution in [0.15, 0.2) is 48.5 Å². The molecule has 1 atom stereocenters. The van der Waals surface area contributed by atoms with E-state index in [1.165, 1.54) is 11.3 Å². The standard InChI is InChI=1S/C28H36ClN3O2/c1-27(2,20-8-6-5-7-9-20)26(34)32-16-13-28(14-17-32)19-21(28)12-15-30-22-10-11-23(24(29)18-22)25(33)31(3)4/h5-11,18,21,30H,12-17,19H2,1-4H3. The first kappa shape index (κ1) is 24.6. The first-order chi connectivity index (χ1) is 16.1. The lowest BCUT2D eigenvalue weighted by molar-refractivity contribution is -0.138. The number of piperidine rings is 1. The van der Waals surface area contributed by atoms with Crippen molar-refractivity contribution >= 4 is 29.1 Å². The maximum Gasteiger partial charge on any atom is 0.254 e. The highest BCUT2D eigenvalue weighted by molar-refractivity contribution is 6.34. The van der Waals surface area contributed by atoms with Crippen molar-refractivity contribution in [3.05, 3.63) is 64.7 Å². The van der Waals surface area contributed by atoms with Crippen molar-refractivity contribution in [3.63, 3.8) is 0 Å². The molecule has 0 aromatic heterocycles. The third kappa shape index (κ3) is 4.95. The van der Waals surface area contributed by atoms with Gasteiger partial charge in [-0.25, -0.2) is 0 Å². The predicted molar refractivity (Wildman–Crippen MR) is 138 cm³/mol. The summed E-state index contributed by atoms with van der Waals surface area (Å²) in [5, 5.41) is 3.94. The Balaban J connectivity index is 1.25. The Morgan fingerprint density at radius 3 is 2.41 bits per heavy atom. The van der Waals surface area contributed by atoms with Crippen LogP contribution < -0.4 is 5.32 Å². The minimum atomic E-state index is -0.493. The zero-order chi connectivity index (χ0) is 24.5. The number of likely N-dealkylation sites (tertiary alicyclic amines) is 1. The van der Waals surface area contributed by atoms with Crippen LogP contribution in [-0.2, 0) is 10.2 Å². The fourth-order valence-electron chi connectivity index (χ4n) is 5.41. The van der Waals surface area contributed by atoms with Gasteiger partial charge < -0.3 is 15.1 Å². The topological polar surface area (TPSA) is 52.7 Å². The molecular weight excluding hydrogens is 446 g/mol. The fourth-order valence-corrected chi connectivity index (χ4v) is 5.67. The molecule has 4 rings (SSSR count). The number of amides is 2. The van der Waals surface area contributed by atoms with Crippen molar-refractivity contribution in [1.82, 2.24) is 9.80 Å². The molecule has 2 fully saturated rings. The van der Waals surface area contributed by atoms with Gasteiger partial charge in [0.05, 0.1) is 16.0 Å². The summed E-state index contributed by atoms with van der Waals surface area (Å²) in [4.78, 5) is 29.0. The SMILES string of the molecule is CN(C)C(=O)c1ccc(NCCC2CC23CCN(C(=O)C(C)(C)c2ccccc2)CC3)cc1Cl. The van der Waals surface area contributed by atoms with Crippen molar-refractivity contribution in [3.8, 4) is 0 Å². The van der Waals surface area contributed by atoms with Crippen LogP contribution in [0.25, 0.3) is 0 Å². The molecule has 2 aromatic carbocycles. The highest BCUT2D eigenvalue weighted by Crippen LogP contribution is 2.61. The molecule has 34 heavy (non-hydrogen) atoms. The molecule has 1 unspecified atom stereocenters. The third-order valence-corrected chi connectivity index (χ3v) is 8.18. The Bertz CT molecular complexity index is 1040. The summed E-state index contributed by atoms with van der Waals surface area (Å²) in [5.41, 5.74) is 2.46. The number of nitrogens with zero attached hydrogens (tertiary/aromatic N) is 2. The number of rotatable bonds is 7. The molecule has 2 aliphatic rings. The van der Waals surface area contributed by atoms with Gasteiger partial charge in [0, 0.05) is 39.4 Å². The van der Waals surface area contributed by atoms with Crippen molar-refractivity contribution in [2.24, 2.45) is 11.3 Å². The number of hydrogen-bond acceptors (Lipinski definition) is 3. The first-order valence-corrected chi connectivity index (χ1v) is 12.6.